The predicted molar refractivity (Wildman–Crippen MR) is 64.4 cm³/mol. The van der Waals surface area contributed by atoms with Crippen LogP contribution in [0.5, 0.6) is 0 Å². The van der Waals surface area contributed by atoms with E-state index in [1.54, 1.807) is 6.07 Å². The van der Waals surface area contributed by atoms with Crippen molar-refractivity contribution in [1.82, 2.24) is 0 Å². The molecule has 0 fully saturated rings. The summed E-state index contributed by atoms with van der Waals surface area (Å²) in [4.78, 5) is 24.4. The van der Waals surface area contributed by atoms with Crippen molar-refractivity contribution in [3.05, 3.63) is 21.4 Å². The summed E-state index contributed by atoms with van der Waals surface area (Å²) in [5.41, 5.74) is 0.311. The minimum absolute atomic E-state index is 0.0683. The Labute approximate surface area is 99.4 Å². The molecule has 0 N–H and O–H groups in total. The van der Waals surface area contributed by atoms with Crippen molar-refractivity contribution in [3.8, 4) is 0 Å². The zero-order valence-electron chi connectivity index (χ0n) is 10.2. The predicted octanol–water partition coefficient (Wildman–Crippen LogP) is 3.03. The van der Waals surface area contributed by atoms with Gasteiger partial charge in [-0.3, -0.25) is 4.79 Å². The van der Waals surface area contributed by atoms with Gasteiger partial charge < -0.3 is 4.74 Å². The van der Waals surface area contributed by atoms with Crippen molar-refractivity contribution in [1.29, 1.82) is 0 Å². The van der Waals surface area contributed by atoms with Gasteiger partial charge in [0.25, 0.3) is 0 Å². The number of ketones is 1. The van der Waals surface area contributed by atoms with Gasteiger partial charge in [-0.25, -0.2) is 4.79 Å². The summed E-state index contributed by atoms with van der Waals surface area (Å²) in [6, 6.07) is 1.76. The number of esters is 1. The van der Waals surface area contributed by atoms with Crippen LogP contribution in [0.4, 0.5) is 0 Å². The molecule has 4 heteroatoms. The van der Waals surface area contributed by atoms with E-state index in [4.69, 9.17) is 0 Å². The highest BCUT2D eigenvalue weighted by atomic mass is 32.1. The monoisotopic (exact) mass is 240 g/mol. The molecular weight excluding hydrogens is 224 g/mol. The fourth-order valence-corrected chi connectivity index (χ4v) is 2.38. The number of carbonyl (C=O) groups is 2. The van der Waals surface area contributed by atoms with Crippen molar-refractivity contribution < 1.29 is 14.3 Å². The molecule has 88 valence electrons. The first-order valence-electron chi connectivity index (χ1n) is 5.01. The van der Waals surface area contributed by atoms with Crippen LogP contribution in [0.3, 0.4) is 0 Å². The molecule has 0 aliphatic rings. The van der Waals surface area contributed by atoms with Crippen LogP contribution < -0.4 is 0 Å². The molecular formula is C12H16O3S. The van der Waals surface area contributed by atoms with Crippen LogP contribution >= 0.6 is 11.3 Å². The first-order chi connectivity index (χ1) is 7.27. The van der Waals surface area contributed by atoms with E-state index < -0.39 is 5.97 Å². The second-order valence-corrected chi connectivity index (χ2v) is 5.70. The Kier molecular flexibility index (Phi) is 3.53. The molecule has 16 heavy (non-hydrogen) atoms. The highest BCUT2D eigenvalue weighted by Crippen LogP contribution is 2.33. The molecule has 1 heterocycles. The van der Waals surface area contributed by atoms with Gasteiger partial charge in [-0.05, 0) is 18.4 Å². The van der Waals surface area contributed by atoms with Gasteiger partial charge >= 0.3 is 5.97 Å². The van der Waals surface area contributed by atoms with E-state index in [1.807, 2.05) is 20.8 Å². The summed E-state index contributed by atoms with van der Waals surface area (Å²) in [7, 11) is 1.32. The van der Waals surface area contributed by atoms with E-state index in [9.17, 15) is 9.59 Å². The molecule has 0 aromatic carbocycles. The number of thiophene rings is 1. The van der Waals surface area contributed by atoms with Crippen LogP contribution in [0.2, 0.25) is 0 Å². The number of methoxy groups -OCH3 is 1. The smallest absolute Gasteiger partial charge is 0.339 e. The van der Waals surface area contributed by atoms with Gasteiger partial charge in [0, 0.05) is 4.88 Å². The number of Topliss-reactive ketones (excluding diaryl/α,β-unsaturated/α-hetero) is 1. The van der Waals surface area contributed by atoms with Gasteiger partial charge in [0.15, 0.2) is 5.78 Å². The molecule has 0 atom stereocenters. The number of carbonyl (C=O) groups excluding carboxylic acids is 2. The van der Waals surface area contributed by atoms with E-state index in [1.165, 1.54) is 25.4 Å². The van der Waals surface area contributed by atoms with Crippen LogP contribution in [-0.2, 0) is 10.2 Å². The molecule has 0 bridgehead atoms. The standard InChI is InChI=1S/C12H16O3S/c1-7(13)10-8(11(14)15-5)6-9(16-10)12(2,3)4/h6H,1-5H3. The van der Waals surface area contributed by atoms with Gasteiger partial charge in [0.05, 0.1) is 17.6 Å². The first kappa shape index (κ1) is 12.9. The molecule has 0 amide bonds. The molecule has 3 nitrogen and oxygen atoms in total. The van der Waals surface area contributed by atoms with Crippen molar-refractivity contribution in [3.63, 3.8) is 0 Å². The lowest BCUT2D eigenvalue weighted by atomic mass is 9.94. The average Bonchev–Trinajstić information content (AvgIpc) is 2.60. The highest BCUT2D eigenvalue weighted by Gasteiger charge is 2.24. The molecule has 0 saturated carbocycles. The molecule has 0 unspecified atom stereocenters. The Morgan fingerprint density at radius 2 is 1.88 bits per heavy atom. The first-order valence-corrected chi connectivity index (χ1v) is 5.82. The Morgan fingerprint density at radius 1 is 1.31 bits per heavy atom. The van der Waals surface area contributed by atoms with Crippen molar-refractivity contribution >= 4 is 23.1 Å². The SMILES string of the molecule is COC(=O)c1cc(C(C)(C)C)sc1C(C)=O. The molecule has 0 saturated heterocycles. The van der Waals surface area contributed by atoms with Crippen LogP contribution in [-0.4, -0.2) is 18.9 Å². The van der Waals surface area contributed by atoms with Crippen LogP contribution in [0, 0.1) is 0 Å². The Balaban J connectivity index is 3.32. The van der Waals surface area contributed by atoms with Gasteiger partial charge in [-0.2, -0.15) is 0 Å². The molecule has 0 spiro atoms. The van der Waals surface area contributed by atoms with Crippen molar-refractivity contribution in [2.45, 2.75) is 33.1 Å². The van der Waals surface area contributed by atoms with E-state index in [-0.39, 0.29) is 11.2 Å². The second kappa shape index (κ2) is 4.37. The summed E-state index contributed by atoms with van der Waals surface area (Å²) in [6.07, 6.45) is 0. The van der Waals surface area contributed by atoms with Gasteiger partial charge in [-0.1, -0.05) is 20.8 Å². The quantitative estimate of drug-likeness (QED) is 0.589. The number of rotatable bonds is 2. The van der Waals surface area contributed by atoms with E-state index in [2.05, 4.69) is 4.74 Å². The zero-order valence-corrected chi connectivity index (χ0v) is 11.0. The highest BCUT2D eigenvalue weighted by molar-refractivity contribution is 7.14. The minimum atomic E-state index is -0.447. The topological polar surface area (TPSA) is 43.4 Å². The van der Waals surface area contributed by atoms with Crippen LogP contribution in [0.25, 0.3) is 0 Å². The molecule has 0 radical (unpaired) electrons. The fraction of sp³-hybridized carbons (Fsp3) is 0.500. The molecule has 1 aromatic rings. The molecule has 0 aliphatic carbocycles. The van der Waals surface area contributed by atoms with Crippen molar-refractivity contribution in [2.75, 3.05) is 7.11 Å². The molecule has 0 aliphatic heterocycles. The molecule has 1 rings (SSSR count). The Morgan fingerprint density at radius 3 is 2.25 bits per heavy atom. The number of hydrogen-bond donors (Lipinski definition) is 0. The van der Waals surface area contributed by atoms with Gasteiger partial charge in [-0.15, -0.1) is 11.3 Å². The third kappa shape index (κ3) is 2.50. The Bertz CT molecular complexity index is 424. The lowest BCUT2D eigenvalue weighted by Crippen LogP contribution is -2.08. The summed E-state index contributed by atoms with van der Waals surface area (Å²) in [5.74, 6) is -0.544. The van der Waals surface area contributed by atoms with E-state index in [0.29, 0.717) is 10.4 Å². The Hall–Kier alpha value is -1.16. The maximum absolute atomic E-state index is 11.5. The zero-order chi connectivity index (χ0) is 12.5. The lowest BCUT2D eigenvalue weighted by molar-refractivity contribution is 0.0598. The van der Waals surface area contributed by atoms with Gasteiger partial charge in [0.2, 0.25) is 0 Å². The second-order valence-electron chi connectivity index (χ2n) is 4.65. The molecule has 1 aromatic heterocycles. The summed E-state index contributed by atoms with van der Waals surface area (Å²) in [5, 5.41) is 0. The largest absolute Gasteiger partial charge is 0.465 e. The summed E-state index contributed by atoms with van der Waals surface area (Å²) < 4.78 is 4.67. The average molecular weight is 240 g/mol. The maximum atomic E-state index is 11.5. The van der Waals surface area contributed by atoms with E-state index in [0.717, 1.165) is 4.88 Å². The lowest BCUT2D eigenvalue weighted by Gasteiger charge is -2.15. The third-order valence-corrected chi connectivity index (χ3v) is 3.86. The van der Waals surface area contributed by atoms with Crippen LogP contribution in [0.1, 0.15) is 52.6 Å². The fourth-order valence-electron chi connectivity index (χ4n) is 1.28. The summed E-state index contributed by atoms with van der Waals surface area (Å²) in [6.45, 7) is 7.60. The maximum Gasteiger partial charge on any atom is 0.339 e. The summed E-state index contributed by atoms with van der Waals surface area (Å²) >= 11 is 1.37. The van der Waals surface area contributed by atoms with Crippen molar-refractivity contribution in [2.24, 2.45) is 0 Å². The normalized spacial score (nSPS) is 11.3. The number of hydrogen-bond acceptors (Lipinski definition) is 4. The van der Waals surface area contributed by atoms with E-state index >= 15 is 0 Å². The van der Waals surface area contributed by atoms with Gasteiger partial charge in [0.1, 0.15) is 0 Å². The third-order valence-electron chi connectivity index (χ3n) is 2.20. The number of ether oxygens (including phenoxy) is 1. The minimum Gasteiger partial charge on any atom is -0.465 e. The van der Waals surface area contributed by atoms with Crippen LogP contribution in [0.15, 0.2) is 6.07 Å².